The van der Waals surface area contributed by atoms with Crippen LogP contribution in [-0.2, 0) is 19.5 Å². The van der Waals surface area contributed by atoms with Gasteiger partial charge in [0.1, 0.15) is 5.75 Å². The number of unbranched alkanes of at least 4 members (excludes halogenated alkanes) is 2. The summed E-state index contributed by atoms with van der Waals surface area (Å²) in [5, 5.41) is 35.5. The molecule has 2 aromatic heterocycles. The van der Waals surface area contributed by atoms with E-state index < -0.39 is 18.0 Å². The van der Waals surface area contributed by atoms with Crippen LogP contribution in [0.1, 0.15) is 54.9 Å². The molecule has 9 rings (SSSR count). The Kier molecular flexibility index (Phi) is 13.1. The third-order valence-corrected chi connectivity index (χ3v) is 11.6. The molecular formula is C44H49F2N5O7. The van der Waals surface area contributed by atoms with Gasteiger partial charge < -0.3 is 34.9 Å². The quantitative estimate of drug-likeness (QED) is 0.0736. The number of halogens is 2. The van der Waals surface area contributed by atoms with Crippen molar-refractivity contribution in [2.45, 2.75) is 63.8 Å². The molecule has 5 N–H and O–H groups in total. The SMILES string of the molecule is F.F.O=C(O)N(c1cc(CCCCCn2c(=O)oc3cc(CNC[C@H](O)c4ccc(O)c5[nH]c(=O)ccc45)ccc32)ccc1-c1ccccc1)[C@H]1CN2CCC1CC2. The Balaban J connectivity index is 0.00000283. The molecule has 3 aliphatic rings. The Bertz CT molecular complexity index is 2480. The van der Waals surface area contributed by atoms with Crippen LogP contribution in [0.25, 0.3) is 33.1 Å². The molecule has 2 atom stereocenters. The Labute approximate surface area is 333 Å². The smallest absolute Gasteiger partial charge is 0.419 e. The van der Waals surface area contributed by atoms with E-state index >= 15 is 0 Å². The van der Waals surface area contributed by atoms with Crippen LogP contribution in [0.5, 0.6) is 5.75 Å². The van der Waals surface area contributed by atoms with Crippen molar-refractivity contribution in [1.82, 2.24) is 19.8 Å². The number of aromatic hydroxyl groups is 1. The van der Waals surface area contributed by atoms with Crippen LogP contribution in [-0.4, -0.2) is 68.1 Å². The minimum Gasteiger partial charge on any atom is -0.506 e. The lowest BCUT2D eigenvalue weighted by atomic mass is 9.82. The number of phenolic OH excluding ortho intramolecular Hbond substituents is 1. The topological polar surface area (TPSA) is 164 Å². The van der Waals surface area contributed by atoms with Crippen molar-refractivity contribution < 1.29 is 33.9 Å². The lowest BCUT2D eigenvalue weighted by Gasteiger charge is -2.48. The average Bonchev–Trinajstić information content (AvgIpc) is 3.52. The first-order valence-corrected chi connectivity index (χ1v) is 19.5. The van der Waals surface area contributed by atoms with Gasteiger partial charge in [0.15, 0.2) is 5.58 Å². The number of aromatic amines is 1. The summed E-state index contributed by atoms with van der Waals surface area (Å²) in [6.07, 6.45) is 3.61. The van der Waals surface area contributed by atoms with Gasteiger partial charge >= 0.3 is 11.8 Å². The van der Waals surface area contributed by atoms with Gasteiger partial charge in [0, 0.05) is 43.2 Å². The molecule has 5 heterocycles. The van der Waals surface area contributed by atoms with Gasteiger partial charge in [0.25, 0.3) is 0 Å². The number of hydrogen-bond acceptors (Lipinski definition) is 8. The standard InChI is InChI=1S/C44H47N5O7.2FH/c50-38-16-13-33(34-14-17-41(52)46-42(34)38)39(51)26-45-25-29-11-15-35-40(24-29)56-44(55)48(35)20-6-2-3-7-28-10-12-32(30-8-4-1-5-9-30)36(23-28)49(43(53)54)37-27-47-21-18-31(37)19-22-47;;/h1,4-5,8-17,23-24,31,37,39,45,50-51H,2-3,6-7,18-22,25-27H2,(H,46,52)(H,53,54);2*1H/t37-,39-;;/m0../s1. The number of phenols is 1. The van der Waals surface area contributed by atoms with Crippen molar-refractivity contribution in [3.05, 3.63) is 129 Å². The van der Waals surface area contributed by atoms with Crippen LogP contribution in [0.3, 0.4) is 0 Å². The molecule has 306 valence electrons. The fraction of sp³-hybridized carbons (Fsp3) is 0.341. The first-order chi connectivity index (χ1) is 27.2. The highest BCUT2D eigenvalue weighted by Crippen LogP contribution is 2.39. The second-order valence-electron chi connectivity index (χ2n) is 15.1. The average molecular weight is 798 g/mol. The molecule has 3 saturated heterocycles. The molecule has 1 amide bonds. The van der Waals surface area contributed by atoms with Gasteiger partial charge in [-0.3, -0.25) is 23.7 Å². The number of aliphatic hydroxyl groups is 1. The summed E-state index contributed by atoms with van der Waals surface area (Å²) in [5.41, 5.74) is 6.42. The number of fused-ring (bicyclic) bond motifs is 5. The Morgan fingerprint density at radius 3 is 2.43 bits per heavy atom. The minimum atomic E-state index is -0.905. The van der Waals surface area contributed by atoms with E-state index in [9.17, 15) is 29.7 Å². The molecule has 0 radical (unpaired) electrons. The molecule has 0 aliphatic carbocycles. The number of carbonyl (C=O) groups is 1. The molecular weight excluding hydrogens is 749 g/mol. The van der Waals surface area contributed by atoms with E-state index in [-0.39, 0.29) is 38.8 Å². The van der Waals surface area contributed by atoms with Gasteiger partial charge in [0.05, 0.1) is 28.9 Å². The molecule has 3 aliphatic heterocycles. The predicted molar refractivity (Wildman–Crippen MR) is 221 cm³/mol. The number of pyridine rings is 1. The zero-order chi connectivity index (χ0) is 38.8. The molecule has 6 aromatic rings. The van der Waals surface area contributed by atoms with Crippen LogP contribution < -0.4 is 21.5 Å². The number of benzene rings is 4. The predicted octanol–water partition coefficient (Wildman–Crippen LogP) is 6.93. The first-order valence-electron chi connectivity index (χ1n) is 19.5. The van der Waals surface area contributed by atoms with Crippen molar-refractivity contribution in [3.8, 4) is 16.9 Å². The highest BCUT2D eigenvalue weighted by atomic mass is 19.0. The monoisotopic (exact) mass is 797 g/mol. The summed E-state index contributed by atoms with van der Waals surface area (Å²) in [5.74, 6) is -0.101. The lowest BCUT2D eigenvalue weighted by Crippen LogP contribution is -2.59. The van der Waals surface area contributed by atoms with E-state index in [2.05, 4.69) is 33.4 Å². The maximum absolute atomic E-state index is 12.9. The summed E-state index contributed by atoms with van der Waals surface area (Å²) in [7, 11) is 0. The van der Waals surface area contributed by atoms with Gasteiger partial charge in [-0.05, 0) is 104 Å². The molecule has 3 fully saturated rings. The molecule has 58 heavy (non-hydrogen) atoms. The third kappa shape index (κ3) is 8.69. The van der Waals surface area contributed by atoms with Crippen molar-refractivity contribution in [2.75, 3.05) is 31.1 Å². The van der Waals surface area contributed by atoms with E-state index in [1.807, 2.05) is 48.5 Å². The molecule has 0 saturated carbocycles. The molecule has 4 aromatic carbocycles. The third-order valence-electron chi connectivity index (χ3n) is 11.6. The van der Waals surface area contributed by atoms with Gasteiger partial charge in [-0.2, -0.15) is 0 Å². The van der Waals surface area contributed by atoms with Crippen molar-refractivity contribution >= 4 is 33.8 Å². The minimum absolute atomic E-state index is 0. The fourth-order valence-electron chi connectivity index (χ4n) is 8.66. The lowest BCUT2D eigenvalue weighted by molar-refractivity contribution is 0.0837. The maximum Gasteiger partial charge on any atom is 0.419 e. The number of rotatable bonds is 14. The Morgan fingerprint density at radius 2 is 1.69 bits per heavy atom. The summed E-state index contributed by atoms with van der Waals surface area (Å²) in [6.45, 7) is 4.02. The number of aromatic nitrogens is 2. The Hall–Kier alpha value is -5.83. The second kappa shape index (κ2) is 18.2. The van der Waals surface area contributed by atoms with Gasteiger partial charge in [-0.15, -0.1) is 0 Å². The van der Waals surface area contributed by atoms with Gasteiger partial charge in [-0.1, -0.05) is 61.0 Å². The molecule has 14 heteroatoms. The summed E-state index contributed by atoms with van der Waals surface area (Å²) >= 11 is 0. The van der Waals surface area contributed by atoms with Crippen LogP contribution in [0.2, 0.25) is 0 Å². The number of aryl methyl sites for hydroxylation is 2. The zero-order valence-electron chi connectivity index (χ0n) is 32.0. The normalized spacial score (nSPS) is 17.8. The van der Waals surface area contributed by atoms with E-state index in [0.29, 0.717) is 35.5 Å². The number of H-pyrrole nitrogens is 1. The van der Waals surface area contributed by atoms with Crippen LogP contribution in [0, 0.1) is 5.92 Å². The maximum atomic E-state index is 12.9. The number of carboxylic acid groups (broad SMARTS) is 1. The van der Waals surface area contributed by atoms with E-state index in [1.165, 1.54) is 12.1 Å². The van der Waals surface area contributed by atoms with Gasteiger partial charge in [0.2, 0.25) is 5.56 Å². The highest BCUT2D eigenvalue weighted by Gasteiger charge is 2.41. The van der Waals surface area contributed by atoms with Crippen molar-refractivity contribution in [1.29, 1.82) is 0 Å². The summed E-state index contributed by atoms with van der Waals surface area (Å²) in [6, 6.07) is 27.9. The number of piperidine rings is 3. The number of oxazole rings is 1. The van der Waals surface area contributed by atoms with Gasteiger partial charge in [-0.25, -0.2) is 9.59 Å². The molecule has 0 spiro atoms. The van der Waals surface area contributed by atoms with Crippen molar-refractivity contribution in [3.63, 3.8) is 0 Å². The number of nitrogens with one attached hydrogen (secondary N) is 2. The molecule has 12 nitrogen and oxygen atoms in total. The van der Waals surface area contributed by atoms with Crippen LogP contribution in [0.4, 0.5) is 19.9 Å². The van der Waals surface area contributed by atoms with E-state index in [1.54, 1.807) is 21.6 Å². The number of hydrogen-bond donors (Lipinski definition) is 5. The zero-order valence-corrected chi connectivity index (χ0v) is 32.0. The molecule has 0 unspecified atom stereocenters. The number of nitrogens with zero attached hydrogens (tertiary/aromatic N) is 3. The van der Waals surface area contributed by atoms with E-state index in [4.69, 9.17) is 4.42 Å². The number of anilines is 1. The fourth-order valence-corrected chi connectivity index (χ4v) is 8.66. The number of aliphatic hydroxyl groups excluding tert-OH is 1. The largest absolute Gasteiger partial charge is 0.506 e. The highest BCUT2D eigenvalue weighted by molar-refractivity contribution is 5.94. The molecule has 2 bridgehead atoms. The number of amides is 1. The first kappa shape index (κ1) is 41.8. The summed E-state index contributed by atoms with van der Waals surface area (Å²) in [4.78, 5) is 44.2. The second-order valence-corrected chi connectivity index (χ2v) is 15.1. The van der Waals surface area contributed by atoms with Crippen molar-refractivity contribution in [2.24, 2.45) is 5.92 Å². The summed E-state index contributed by atoms with van der Waals surface area (Å²) < 4.78 is 7.29. The van der Waals surface area contributed by atoms with Crippen LogP contribution >= 0.6 is 0 Å². The van der Waals surface area contributed by atoms with E-state index in [0.717, 1.165) is 91.6 Å². The Morgan fingerprint density at radius 1 is 0.914 bits per heavy atom. The van der Waals surface area contributed by atoms with Crippen LogP contribution in [0.15, 0.2) is 105 Å².